The highest BCUT2D eigenvalue weighted by Crippen LogP contribution is 2.54. The molecule has 1 spiro atoms. The number of nitrogens with one attached hydrogen (secondary N) is 1. The van der Waals surface area contributed by atoms with Gasteiger partial charge in [-0.25, -0.2) is 9.97 Å². The molecule has 36 heavy (non-hydrogen) atoms. The molecule has 1 amide bonds. The van der Waals surface area contributed by atoms with Gasteiger partial charge in [-0.2, -0.15) is 13.2 Å². The maximum absolute atomic E-state index is 13.5. The molecule has 1 saturated carbocycles. The van der Waals surface area contributed by atoms with Gasteiger partial charge in [-0.15, -0.1) is 0 Å². The second kappa shape index (κ2) is 9.19. The quantitative estimate of drug-likeness (QED) is 0.640. The van der Waals surface area contributed by atoms with Crippen LogP contribution in [0.5, 0.6) is 0 Å². The number of nitrogens with zero attached hydrogens (tertiary/aromatic N) is 4. The second-order valence-corrected chi connectivity index (χ2v) is 10.1. The van der Waals surface area contributed by atoms with E-state index >= 15 is 0 Å². The third-order valence-electron chi connectivity index (χ3n) is 7.56. The van der Waals surface area contributed by atoms with Crippen molar-refractivity contribution in [3.05, 3.63) is 41.6 Å². The van der Waals surface area contributed by atoms with Crippen LogP contribution in [0.1, 0.15) is 48.7 Å². The van der Waals surface area contributed by atoms with Crippen LogP contribution in [0.2, 0.25) is 0 Å². The molecule has 2 aliphatic heterocycles. The third-order valence-corrected chi connectivity index (χ3v) is 7.56. The first kappa shape index (κ1) is 24.8. The number of amides is 1. The number of halogens is 3. The monoisotopic (exact) mass is 505 g/mol. The van der Waals surface area contributed by atoms with Crippen molar-refractivity contribution in [3.63, 3.8) is 0 Å². The van der Waals surface area contributed by atoms with Crippen LogP contribution in [0.25, 0.3) is 0 Å². The summed E-state index contributed by atoms with van der Waals surface area (Å²) in [4.78, 5) is 26.0. The van der Waals surface area contributed by atoms with E-state index < -0.39 is 23.4 Å². The Morgan fingerprint density at radius 2 is 1.69 bits per heavy atom. The van der Waals surface area contributed by atoms with E-state index in [-0.39, 0.29) is 11.4 Å². The highest BCUT2D eigenvalue weighted by atomic mass is 19.4. The fraction of sp³-hybridized carbons (Fsp3) is 0.560. The number of alkyl halides is 3. The SMILES string of the molecule is C[C@](O)(c1ccc(C(=O)Nc2cccc(N3CCOCC3)n2)c(N2CCC3(CC2)CC3)n1)C(F)(F)F. The van der Waals surface area contributed by atoms with E-state index in [2.05, 4.69) is 20.2 Å². The second-order valence-electron chi connectivity index (χ2n) is 10.1. The maximum atomic E-state index is 13.5. The predicted molar refractivity (Wildman–Crippen MR) is 128 cm³/mol. The van der Waals surface area contributed by atoms with Gasteiger partial charge in [0.05, 0.1) is 24.5 Å². The molecule has 0 aromatic carbocycles. The van der Waals surface area contributed by atoms with Gasteiger partial charge in [0.1, 0.15) is 17.5 Å². The number of hydrogen-bond donors (Lipinski definition) is 2. The summed E-state index contributed by atoms with van der Waals surface area (Å²) in [7, 11) is 0. The molecule has 1 aliphatic carbocycles. The van der Waals surface area contributed by atoms with E-state index in [0.29, 0.717) is 63.4 Å². The molecule has 194 valence electrons. The molecule has 2 N–H and O–H groups in total. The zero-order valence-corrected chi connectivity index (χ0v) is 20.1. The summed E-state index contributed by atoms with van der Waals surface area (Å²) >= 11 is 0. The molecule has 0 radical (unpaired) electrons. The van der Waals surface area contributed by atoms with Crippen molar-refractivity contribution in [1.82, 2.24) is 9.97 Å². The first-order valence-electron chi connectivity index (χ1n) is 12.2. The van der Waals surface area contributed by atoms with Gasteiger partial charge in [0, 0.05) is 26.2 Å². The summed E-state index contributed by atoms with van der Waals surface area (Å²) in [5.74, 6) is 0.664. The Bertz CT molecular complexity index is 1120. The number of ether oxygens (including phenoxy) is 1. The van der Waals surface area contributed by atoms with Gasteiger partial charge < -0.3 is 25.0 Å². The number of hydrogen-bond acceptors (Lipinski definition) is 7. The van der Waals surface area contributed by atoms with E-state index in [1.54, 1.807) is 12.1 Å². The average Bonchev–Trinajstić information content (AvgIpc) is 3.62. The maximum Gasteiger partial charge on any atom is 0.422 e. The number of aliphatic hydroxyl groups is 1. The molecule has 3 fully saturated rings. The Balaban J connectivity index is 1.43. The lowest BCUT2D eigenvalue weighted by Crippen LogP contribution is -2.41. The highest BCUT2D eigenvalue weighted by molar-refractivity contribution is 6.07. The summed E-state index contributed by atoms with van der Waals surface area (Å²) in [6.07, 6.45) is -0.784. The first-order chi connectivity index (χ1) is 17.1. The molecule has 5 rings (SSSR count). The minimum absolute atomic E-state index is 0.141. The van der Waals surface area contributed by atoms with E-state index in [9.17, 15) is 23.1 Å². The Morgan fingerprint density at radius 1 is 1.00 bits per heavy atom. The molecule has 0 unspecified atom stereocenters. The van der Waals surface area contributed by atoms with Crippen molar-refractivity contribution in [2.45, 2.75) is 44.4 Å². The number of rotatable bonds is 5. The predicted octanol–water partition coefficient (Wildman–Crippen LogP) is 3.72. The summed E-state index contributed by atoms with van der Waals surface area (Å²) in [5.41, 5.74) is -3.21. The summed E-state index contributed by atoms with van der Waals surface area (Å²) in [6, 6.07) is 7.67. The molecular formula is C25H30F3N5O3. The number of anilines is 3. The zero-order chi connectivity index (χ0) is 25.6. The number of carbonyl (C=O) groups is 1. The fourth-order valence-corrected chi connectivity index (χ4v) is 4.80. The normalized spacial score (nSPS) is 21.2. The van der Waals surface area contributed by atoms with Crippen LogP contribution < -0.4 is 15.1 Å². The van der Waals surface area contributed by atoms with Gasteiger partial charge in [-0.3, -0.25) is 4.79 Å². The number of pyridine rings is 2. The molecule has 4 heterocycles. The topological polar surface area (TPSA) is 90.8 Å². The molecule has 3 aliphatic rings. The van der Waals surface area contributed by atoms with Crippen LogP contribution in [-0.4, -0.2) is 66.6 Å². The minimum Gasteiger partial charge on any atom is -0.378 e. The number of morpholine rings is 1. The van der Waals surface area contributed by atoms with E-state index in [1.165, 1.54) is 6.07 Å². The lowest BCUT2D eigenvalue weighted by Gasteiger charge is -2.35. The van der Waals surface area contributed by atoms with Crippen molar-refractivity contribution in [1.29, 1.82) is 0 Å². The van der Waals surface area contributed by atoms with E-state index in [1.807, 2.05) is 11.0 Å². The molecule has 8 nitrogen and oxygen atoms in total. The molecule has 1 atom stereocenters. The number of piperidine rings is 1. The zero-order valence-electron chi connectivity index (χ0n) is 20.1. The van der Waals surface area contributed by atoms with Crippen LogP contribution in [-0.2, 0) is 10.3 Å². The third kappa shape index (κ3) is 4.86. The molecule has 2 saturated heterocycles. The van der Waals surface area contributed by atoms with Crippen molar-refractivity contribution < 1.29 is 27.8 Å². The molecular weight excluding hydrogens is 475 g/mol. The van der Waals surface area contributed by atoms with Gasteiger partial charge in [0.25, 0.3) is 5.91 Å². The van der Waals surface area contributed by atoms with Crippen LogP contribution in [0.4, 0.5) is 30.6 Å². The standard InChI is InChI=1S/C25H30F3N5O3/c1-23(35,25(26,27)28)18-6-5-17(21(29-18)33-11-9-24(7-8-24)10-12-33)22(34)31-19-3-2-4-20(30-19)32-13-15-36-16-14-32/h2-6,35H,7-16H2,1H3,(H,30,31,34)/t23-/m0/s1. The fourth-order valence-electron chi connectivity index (χ4n) is 4.80. The van der Waals surface area contributed by atoms with Crippen LogP contribution >= 0.6 is 0 Å². The average molecular weight is 506 g/mol. The van der Waals surface area contributed by atoms with Gasteiger partial charge in [0.15, 0.2) is 5.60 Å². The summed E-state index contributed by atoms with van der Waals surface area (Å²) in [6.45, 7) is 4.43. The smallest absolute Gasteiger partial charge is 0.378 e. The van der Waals surface area contributed by atoms with E-state index in [4.69, 9.17) is 4.74 Å². The summed E-state index contributed by atoms with van der Waals surface area (Å²) in [5, 5.41) is 13.0. The molecule has 0 bridgehead atoms. The summed E-state index contributed by atoms with van der Waals surface area (Å²) < 4.78 is 46.0. The van der Waals surface area contributed by atoms with Gasteiger partial charge >= 0.3 is 6.18 Å². The van der Waals surface area contributed by atoms with E-state index in [0.717, 1.165) is 31.7 Å². The Hall–Kier alpha value is -2.92. The lowest BCUT2D eigenvalue weighted by molar-refractivity contribution is -0.260. The number of aromatic nitrogens is 2. The van der Waals surface area contributed by atoms with Crippen molar-refractivity contribution in [2.24, 2.45) is 5.41 Å². The first-order valence-corrected chi connectivity index (χ1v) is 12.2. The van der Waals surface area contributed by atoms with Crippen LogP contribution in [0.3, 0.4) is 0 Å². The van der Waals surface area contributed by atoms with Gasteiger partial charge in [-0.1, -0.05) is 6.07 Å². The number of carbonyl (C=O) groups excluding carboxylic acids is 1. The molecule has 2 aromatic heterocycles. The Morgan fingerprint density at radius 3 is 2.33 bits per heavy atom. The minimum atomic E-state index is -4.91. The van der Waals surface area contributed by atoms with Crippen molar-refractivity contribution in [3.8, 4) is 0 Å². The van der Waals surface area contributed by atoms with Crippen molar-refractivity contribution in [2.75, 3.05) is 54.5 Å². The van der Waals surface area contributed by atoms with Gasteiger partial charge in [0.2, 0.25) is 0 Å². The van der Waals surface area contributed by atoms with Crippen molar-refractivity contribution >= 4 is 23.4 Å². The van der Waals surface area contributed by atoms with Gasteiger partial charge in [-0.05, 0) is 62.3 Å². The Labute approximate surface area is 207 Å². The molecule has 11 heteroatoms. The largest absolute Gasteiger partial charge is 0.422 e. The Kier molecular flexibility index (Phi) is 6.32. The van der Waals surface area contributed by atoms with Crippen LogP contribution in [0, 0.1) is 5.41 Å². The molecule has 2 aromatic rings. The highest BCUT2D eigenvalue weighted by Gasteiger charge is 2.53. The lowest BCUT2D eigenvalue weighted by atomic mass is 9.93. The van der Waals surface area contributed by atoms with Crippen LogP contribution in [0.15, 0.2) is 30.3 Å².